The zero-order valence-electron chi connectivity index (χ0n) is 32.2. The standard InChI is InChI=1S/C43H80O5/c1-4-7-10-13-16-17-18-19-20-21-22-23-24-27-30-36-42(45)47-39-40(38-44)33-31-32-37-43(46)48-41(34-28-25-14-11-8-5-2)35-29-26-15-12-9-6-3/h16-17,19-20,40-41,44H,4-15,18,21-39H2,1-3H3/b17-16-,20-19-. The van der Waals surface area contributed by atoms with Gasteiger partial charge in [-0.3, -0.25) is 9.59 Å². The van der Waals surface area contributed by atoms with E-state index in [1.54, 1.807) is 0 Å². The molecule has 1 N–H and O–H groups in total. The Balaban J connectivity index is 4.01. The third-order valence-corrected chi connectivity index (χ3v) is 9.37. The van der Waals surface area contributed by atoms with Gasteiger partial charge in [-0.1, -0.05) is 148 Å². The van der Waals surface area contributed by atoms with Crippen LogP contribution in [0.15, 0.2) is 24.3 Å². The highest BCUT2D eigenvalue weighted by molar-refractivity contribution is 5.69. The van der Waals surface area contributed by atoms with Gasteiger partial charge in [0.05, 0.1) is 6.61 Å². The predicted molar refractivity (Wildman–Crippen MR) is 205 cm³/mol. The summed E-state index contributed by atoms with van der Waals surface area (Å²) in [6.07, 6.45) is 42.2. The van der Waals surface area contributed by atoms with Crippen molar-refractivity contribution in [1.82, 2.24) is 0 Å². The van der Waals surface area contributed by atoms with E-state index in [1.165, 1.54) is 103 Å². The quantitative estimate of drug-likeness (QED) is 0.0403. The van der Waals surface area contributed by atoms with E-state index >= 15 is 0 Å². The smallest absolute Gasteiger partial charge is 0.306 e. The van der Waals surface area contributed by atoms with Gasteiger partial charge in [0.25, 0.3) is 0 Å². The molecule has 1 atom stereocenters. The molecule has 0 aliphatic carbocycles. The number of carbonyl (C=O) groups is 2. The number of unbranched alkanes of at least 4 members (excludes halogenated alkanes) is 19. The molecule has 0 saturated carbocycles. The first-order chi connectivity index (χ1) is 23.6. The number of aliphatic hydroxyl groups excluding tert-OH is 1. The van der Waals surface area contributed by atoms with E-state index in [9.17, 15) is 14.7 Å². The molecule has 0 radical (unpaired) electrons. The van der Waals surface area contributed by atoms with Crippen LogP contribution >= 0.6 is 0 Å². The van der Waals surface area contributed by atoms with Crippen LogP contribution < -0.4 is 0 Å². The molecule has 0 heterocycles. The van der Waals surface area contributed by atoms with Crippen LogP contribution in [0.3, 0.4) is 0 Å². The van der Waals surface area contributed by atoms with Crippen LogP contribution in [-0.4, -0.2) is 36.4 Å². The van der Waals surface area contributed by atoms with Crippen molar-refractivity contribution in [2.45, 2.75) is 219 Å². The molecule has 48 heavy (non-hydrogen) atoms. The van der Waals surface area contributed by atoms with Crippen LogP contribution in [0.2, 0.25) is 0 Å². The van der Waals surface area contributed by atoms with Gasteiger partial charge in [-0.2, -0.15) is 0 Å². The molecule has 0 aliphatic heterocycles. The van der Waals surface area contributed by atoms with Gasteiger partial charge in [0.15, 0.2) is 0 Å². The molecule has 0 fully saturated rings. The number of hydrogen-bond acceptors (Lipinski definition) is 5. The Hall–Kier alpha value is -1.62. The van der Waals surface area contributed by atoms with Gasteiger partial charge in [-0.15, -0.1) is 0 Å². The van der Waals surface area contributed by atoms with Gasteiger partial charge < -0.3 is 14.6 Å². The molecule has 0 amide bonds. The Labute approximate surface area is 298 Å². The highest BCUT2D eigenvalue weighted by Crippen LogP contribution is 2.19. The Morgan fingerprint density at radius 3 is 1.54 bits per heavy atom. The maximum absolute atomic E-state index is 12.7. The average Bonchev–Trinajstić information content (AvgIpc) is 3.09. The molecule has 0 saturated heterocycles. The molecule has 5 nitrogen and oxygen atoms in total. The van der Waals surface area contributed by atoms with Crippen molar-refractivity contribution >= 4 is 11.9 Å². The molecule has 0 rings (SSSR count). The number of hydrogen-bond donors (Lipinski definition) is 1. The Bertz CT molecular complexity index is 729. The second-order valence-corrected chi connectivity index (χ2v) is 14.2. The van der Waals surface area contributed by atoms with Gasteiger partial charge in [-0.25, -0.2) is 0 Å². The minimum absolute atomic E-state index is 0.00000488. The van der Waals surface area contributed by atoms with Gasteiger partial charge in [0.1, 0.15) is 6.10 Å². The van der Waals surface area contributed by atoms with E-state index in [0.717, 1.165) is 77.0 Å². The molecular formula is C43H80O5. The summed E-state index contributed by atoms with van der Waals surface area (Å²) in [6.45, 7) is 6.99. The SMILES string of the molecule is CCCCC/C=C\C/C=C\CCCCCCCC(=O)OCC(CO)CCCCC(=O)OC(CCCCCCCC)CCCCCCCC. The fourth-order valence-electron chi connectivity index (χ4n) is 6.11. The van der Waals surface area contributed by atoms with Crippen molar-refractivity contribution in [3.05, 3.63) is 24.3 Å². The Morgan fingerprint density at radius 2 is 0.958 bits per heavy atom. The molecule has 0 aromatic heterocycles. The molecular weight excluding hydrogens is 596 g/mol. The molecule has 5 heteroatoms. The summed E-state index contributed by atoms with van der Waals surface area (Å²) in [4.78, 5) is 24.9. The summed E-state index contributed by atoms with van der Waals surface area (Å²) in [5, 5.41) is 9.79. The number of allylic oxidation sites excluding steroid dienone is 4. The van der Waals surface area contributed by atoms with Crippen molar-refractivity contribution < 1.29 is 24.2 Å². The number of esters is 2. The normalized spacial score (nSPS) is 12.4. The first-order valence-electron chi connectivity index (χ1n) is 20.8. The summed E-state index contributed by atoms with van der Waals surface area (Å²) in [6, 6.07) is 0. The van der Waals surface area contributed by atoms with E-state index in [0.29, 0.717) is 12.8 Å². The summed E-state index contributed by atoms with van der Waals surface area (Å²) in [5.41, 5.74) is 0. The highest BCUT2D eigenvalue weighted by Gasteiger charge is 2.16. The first-order valence-corrected chi connectivity index (χ1v) is 20.8. The van der Waals surface area contributed by atoms with Crippen molar-refractivity contribution in [2.24, 2.45) is 5.92 Å². The van der Waals surface area contributed by atoms with Crippen LogP contribution in [-0.2, 0) is 19.1 Å². The van der Waals surface area contributed by atoms with Crippen LogP contribution in [0.1, 0.15) is 213 Å². The largest absolute Gasteiger partial charge is 0.465 e. The monoisotopic (exact) mass is 677 g/mol. The number of carbonyl (C=O) groups excluding carboxylic acids is 2. The zero-order valence-corrected chi connectivity index (χ0v) is 32.2. The Morgan fingerprint density at radius 1 is 0.521 bits per heavy atom. The van der Waals surface area contributed by atoms with E-state index in [2.05, 4.69) is 45.1 Å². The lowest BCUT2D eigenvalue weighted by molar-refractivity contribution is -0.150. The van der Waals surface area contributed by atoms with Gasteiger partial charge in [-0.05, 0) is 77.0 Å². The zero-order chi connectivity index (χ0) is 35.2. The van der Waals surface area contributed by atoms with E-state index in [1.807, 2.05) is 0 Å². The van der Waals surface area contributed by atoms with Crippen molar-refractivity contribution in [2.75, 3.05) is 13.2 Å². The Kier molecular flexibility index (Phi) is 36.9. The van der Waals surface area contributed by atoms with E-state index in [-0.39, 0.29) is 37.2 Å². The lowest BCUT2D eigenvalue weighted by atomic mass is 10.0. The highest BCUT2D eigenvalue weighted by atomic mass is 16.5. The average molecular weight is 677 g/mol. The maximum Gasteiger partial charge on any atom is 0.306 e. The van der Waals surface area contributed by atoms with Gasteiger partial charge in [0.2, 0.25) is 0 Å². The molecule has 282 valence electrons. The molecule has 0 aromatic carbocycles. The third-order valence-electron chi connectivity index (χ3n) is 9.37. The molecule has 0 aliphatic rings. The van der Waals surface area contributed by atoms with Crippen molar-refractivity contribution in [1.29, 1.82) is 0 Å². The lowest BCUT2D eigenvalue weighted by Crippen LogP contribution is -2.19. The number of aliphatic hydroxyl groups is 1. The van der Waals surface area contributed by atoms with Crippen molar-refractivity contribution in [3.8, 4) is 0 Å². The van der Waals surface area contributed by atoms with Gasteiger partial charge in [0, 0.05) is 25.4 Å². The van der Waals surface area contributed by atoms with Crippen LogP contribution in [0, 0.1) is 5.92 Å². The lowest BCUT2D eigenvalue weighted by Gasteiger charge is -2.18. The van der Waals surface area contributed by atoms with Crippen molar-refractivity contribution in [3.63, 3.8) is 0 Å². The predicted octanol–water partition coefficient (Wildman–Crippen LogP) is 12.9. The molecule has 0 spiro atoms. The summed E-state index contributed by atoms with van der Waals surface area (Å²) < 4.78 is 11.4. The second kappa shape index (κ2) is 38.2. The minimum atomic E-state index is -0.163. The number of rotatable bonds is 37. The summed E-state index contributed by atoms with van der Waals surface area (Å²) >= 11 is 0. The van der Waals surface area contributed by atoms with Crippen LogP contribution in [0.4, 0.5) is 0 Å². The van der Waals surface area contributed by atoms with Crippen LogP contribution in [0.25, 0.3) is 0 Å². The third kappa shape index (κ3) is 34.3. The molecule has 0 bridgehead atoms. The van der Waals surface area contributed by atoms with E-state index < -0.39 is 0 Å². The first kappa shape index (κ1) is 46.4. The summed E-state index contributed by atoms with van der Waals surface area (Å²) in [5.74, 6) is -0.312. The molecule has 0 aromatic rings. The fourth-order valence-corrected chi connectivity index (χ4v) is 6.11. The molecule has 1 unspecified atom stereocenters. The summed E-state index contributed by atoms with van der Waals surface area (Å²) in [7, 11) is 0. The van der Waals surface area contributed by atoms with Gasteiger partial charge >= 0.3 is 11.9 Å². The minimum Gasteiger partial charge on any atom is -0.465 e. The van der Waals surface area contributed by atoms with Crippen LogP contribution in [0.5, 0.6) is 0 Å². The topological polar surface area (TPSA) is 72.8 Å². The second-order valence-electron chi connectivity index (χ2n) is 14.2. The van der Waals surface area contributed by atoms with E-state index in [4.69, 9.17) is 9.47 Å². The maximum atomic E-state index is 12.7. The number of ether oxygens (including phenoxy) is 2. The fraction of sp³-hybridized carbons (Fsp3) is 0.860.